The van der Waals surface area contributed by atoms with Crippen LogP contribution in [0, 0.1) is 5.92 Å². The highest BCUT2D eigenvalue weighted by atomic mass is 35.5. The fourth-order valence-electron chi connectivity index (χ4n) is 2.49. The predicted octanol–water partition coefficient (Wildman–Crippen LogP) is 0.0281. The summed E-state index contributed by atoms with van der Waals surface area (Å²) < 4.78 is 0. The van der Waals surface area contributed by atoms with Gasteiger partial charge in [-0.15, -0.1) is 12.4 Å². The number of likely N-dealkylation sites (tertiary alicyclic amines) is 1. The van der Waals surface area contributed by atoms with E-state index in [1.165, 1.54) is 0 Å². The maximum Gasteiger partial charge on any atom is 0.224 e. The Morgan fingerprint density at radius 3 is 2.57 bits per heavy atom. The molecule has 1 unspecified atom stereocenters. The Morgan fingerprint density at radius 2 is 1.91 bits per heavy atom. The molecule has 0 saturated carbocycles. The summed E-state index contributed by atoms with van der Waals surface area (Å²) in [4.78, 5) is 37.3. The van der Waals surface area contributed by atoms with Crippen LogP contribution in [0.3, 0.4) is 0 Å². The van der Waals surface area contributed by atoms with Gasteiger partial charge in [0.1, 0.15) is 0 Å². The van der Waals surface area contributed by atoms with E-state index >= 15 is 0 Å². The Morgan fingerprint density at radius 1 is 1.17 bits per heavy atom. The number of halogens is 1. The molecule has 7 nitrogen and oxygen atoms in total. The van der Waals surface area contributed by atoms with E-state index in [1.54, 1.807) is 4.90 Å². The van der Waals surface area contributed by atoms with Gasteiger partial charge in [0.25, 0.3) is 0 Å². The van der Waals surface area contributed by atoms with Crippen molar-refractivity contribution in [3.05, 3.63) is 0 Å². The quantitative estimate of drug-likeness (QED) is 0.575. The van der Waals surface area contributed by atoms with Crippen LogP contribution in [-0.4, -0.2) is 55.3 Å². The minimum Gasteiger partial charge on any atom is -0.356 e. The second kappa shape index (κ2) is 12.1. The second-order valence-corrected chi connectivity index (χ2v) is 5.61. The van der Waals surface area contributed by atoms with Gasteiger partial charge in [-0.1, -0.05) is 6.92 Å². The van der Waals surface area contributed by atoms with Crippen molar-refractivity contribution in [1.82, 2.24) is 15.5 Å². The molecule has 1 heterocycles. The third-order valence-electron chi connectivity index (χ3n) is 3.73. The highest BCUT2D eigenvalue weighted by molar-refractivity contribution is 5.85. The number of hydrogen-bond acceptors (Lipinski definition) is 4. The first-order valence-electron chi connectivity index (χ1n) is 8.10. The minimum absolute atomic E-state index is 0. The average Bonchev–Trinajstić information content (AvgIpc) is 2.55. The summed E-state index contributed by atoms with van der Waals surface area (Å²) in [6.45, 7) is 4.59. The number of hydrogen-bond donors (Lipinski definition) is 3. The monoisotopic (exact) mass is 348 g/mol. The maximum absolute atomic E-state index is 12.2. The Kier molecular flexibility index (Phi) is 11.4. The molecule has 0 bridgehead atoms. The Balaban J connectivity index is 0.00000484. The van der Waals surface area contributed by atoms with E-state index < -0.39 is 0 Å². The number of nitrogens with one attached hydrogen (secondary N) is 2. The predicted molar refractivity (Wildman–Crippen MR) is 91.2 cm³/mol. The van der Waals surface area contributed by atoms with Crippen LogP contribution in [-0.2, 0) is 14.4 Å². The number of piperidine rings is 1. The van der Waals surface area contributed by atoms with E-state index in [-0.39, 0.29) is 48.9 Å². The van der Waals surface area contributed by atoms with Crippen molar-refractivity contribution < 1.29 is 14.4 Å². The van der Waals surface area contributed by atoms with Gasteiger partial charge in [-0.3, -0.25) is 14.4 Å². The van der Waals surface area contributed by atoms with Crippen LogP contribution in [0.5, 0.6) is 0 Å². The number of nitrogens with zero attached hydrogens (tertiary/aromatic N) is 1. The molecule has 3 amide bonds. The third-order valence-corrected chi connectivity index (χ3v) is 3.73. The zero-order chi connectivity index (χ0) is 16.4. The molecule has 1 rings (SSSR count). The van der Waals surface area contributed by atoms with Gasteiger partial charge in [0, 0.05) is 45.6 Å². The van der Waals surface area contributed by atoms with Gasteiger partial charge >= 0.3 is 0 Å². The zero-order valence-electron chi connectivity index (χ0n) is 13.8. The largest absolute Gasteiger partial charge is 0.356 e. The van der Waals surface area contributed by atoms with E-state index in [9.17, 15) is 14.4 Å². The number of amides is 3. The normalized spacial score (nSPS) is 17.1. The minimum atomic E-state index is -0.168. The summed E-state index contributed by atoms with van der Waals surface area (Å²) in [6.07, 6.45) is 2.89. The smallest absolute Gasteiger partial charge is 0.224 e. The highest BCUT2D eigenvalue weighted by Gasteiger charge is 2.28. The molecule has 0 aromatic heterocycles. The summed E-state index contributed by atoms with van der Waals surface area (Å²) in [5.41, 5.74) is 5.37. The topological polar surface area (TPSA) is 105 Å². The lowest BCUT2D eigenvalue weighted by atomic mass is 9.96. The number of carbonyl (C=O) groups is 3. The molecule has 8 heteroatoms. The van der Waals surface area contributed by atoms with E-state index in [0.29, 0.717) is 32.7 Å². The average molecular weight is 349 g/mol. The van der Waals surface area contributed by atoms with Gasteiger partial charge in [0.05, 0.1) is 5.92 Å². The van der Waals surface area contributed by atoms with E-state index in [2.05, 4.69) is 10.6 Å². The number of rotatable bonds is 8. The molecular weight excluding hydrogens is 320 g/mol. The molecule has 1 aliphatic rings. The first-order chi connectivity index (χ1) is 10.6. The first-order valence-corrected chi connectivity index (χ1v) is 8.10. The summed E-state index contributed by atoms with van der Waals surface area (Å²) in [6, 6.07) is 0. The van der Waals surface area contributed by atoms with Crippen LogP contribution in [0.2, 0.25) is 0 Å². The lowest BCUT2D eigenvalue weighted by Crippen LogP contribution is -2.46. The van der Waals surface area contributed by atoms with Gasteiger partial charge in [0.15, 0.2) is 0 Å². The summed E-state index contributed by atoms with van der Waals surface area (Å²) >= 11 is 0. The molecule has 4 N–H and O–H groups in total. The lowest BCUT2D eigenvalue weighted by molar-refractivity contribution is -0.137. The first kappa shape index (κ1) is 21.7. The molecule has 1 aliphatic heterocycles. The van der Waals surface area contributed by atoms with Crippen LogP contribution < -0.4 is 16.4 Å². The molecule has 23 heavy (non-hydrogen) atoms. The molecule has 1 atom stereocenters. The molecule has 1 fully saturated rings. The van der Waals surface area contributed by atoms with Crippen molar-refractivity contribution >= 4 is 30.1 Å². The molecule has 134 valence electrons. The third kappa shape index (κ3) is 8.18. The van der Waals surface area contributed by atoms with Crippen LogP contribution in [0.4, 0.5) is 0 Å². The number of nitrogens with two attached hydrogens (primary N) is 1. The standard InChI is InChI=1S/C15H28N4O3.ClH/c1-2-8-17-13(20)5-6-14(21)19-10-3-4-12(11-19)15(22)18-9-7-16;/h12H,2-11,16H2,1H3,(H,17,20)(H,18,22);1H. The van der Waals surface area contributed by atoms with Crippen molar-refractivity contribution in [2.24, 2.45) is 11.7 Å². The van der Waals surface area contributed by atoms with E-state index in [0.717, 1.165) is 19.3 Å². The molecule has 1 saturated heterocycles. The summed E-state index contributed by atoms with van der Waals surface area (Å²) in [5, 5.41) is 5.52. The van der Waals surface area contributed by atoms with Crippen LogP contribution in [0.15, 0.2) is 0 Å². The Hall–Kier alpha value is -1.34. The van der Waals surface area contributed by atoms with Gasteiger partial charge in [-0.05, 0) is 19.3 Å². The molecule has 0 aromatic rings. The fraction of sp³-hybridized carbons (Fsp3) is 0.800. The van der Waals surface area contributed by atoms with E-state index in [4.69, 9.17) is 5.73 Å². The van der Waals surface area contributed by atoms with Crippen molar-refractivity contribution in [3.8, 4) is 0 Å². The highest BCUT2D eigenvalue weighted by Crippen LogP contribution is 2.17. The SMILES string of the molecule is CCCNC(=O)CCC(=O)N1CCCC(C(=O)NCCN)C1.Cl. The maximum atomic E-state index is 12.2. The van der Waals surface area contributed by atoms with Crippen LogP contribution in [0.25, 0.3) is 0 Å². The molecular formula is C15H29ClN4O3. The van der Waals surface area contributed by atoms with Crippen molar-refractivity contribution in [1.29, 1.82) is 0 Å². The van der Waals surface area contributed by atoms with Crippen molar-refractivity contribution in [3.63, 3.8) is 0 Å². The Bertz CT molecular complexity index is 393. The van der Waals surface area contributed by atoms with Crippen molar-refractivity contribution in [2.45, 2.75) is 39.0 Å². The Labute approximate surface area is 144 Å². The molecule has 0 radical (unpaired) electrons. The molecule has 0 aromatic carbocycles. The van der Waals surface area contributed by atoms with Crippen molar-refractivity contribution in [2.75, 3.05) is 32.7 Å². The molecule has 0 spiro atoms. The second-order valence-electron chi connectivity index (χ2n) is 5.61. The molecule has 0 aliphatic carbocycles. The lowest BCUT2D eigenvalue weighted by Gasteiger charge is -2.32. The zero-order valence-corrected chi connectivity index (χ0v) is 14.6. The van der Waals surface area contributed by atoms with E-state index in [1.807, 2.05) is 6.92 Å². The fourth-order valence-corrected chi connectivity index (χ4v) is 2.49. The van der Waals surface area contributed by atoms with Gasteiger partial charge in [-0.25, -0.2) is 0 Å². The van der Waals surface area contributed by atoms with Gasteiger partial charge in [0.2, 0.25) is 17.7 Å². The number of carbonyl (C=O) groups excluding carboxylic acids is 3. The summed E-state index contributed by atoms with van der Waals surface area (Å²) in [7, 11) is 0. The summed E-state index contributed by atoms with van der Waals surface area (Å²) in [5.74, 6) is -0.353. The van der Waals surface area contributed by atoms with Crippen LogP contribution >= 0.6 is 12.4 Å². The van der Waals surface area contributed by atoms with Gasteiger partial charge < -0.3 is 21.3 Å². The van der Waals surface area contributed by atoms with Crippen LogP contribution in [0.1, 0.15) is 39.0 Å². The van der Waals surface area contributed by atoms with Gasteiger partial charge in [-0.2, -0.15) is 0 Å².